The summed E-state index contributed by atoms with van der Waals surface area (Å²) >= 11 is 0. The van der Waals surface area contributed by atoms with Crippen LogP contribution in [0.3, 0.4) is 0 Å². The second-order valence-corrected chi connectivity index (χ2v) is 6.92. The highest BCUT2D eigenvalue weighted by Crippen LogP contribution is 2.16. The molecule has 1 unspecified atom stereocenters. The third-order valence-corrected chi connectivity index (χ3v) is 4.17. The first-order chi connectivity index (χ1) is 9.66. The molecule has 1 aromatic rings. The maximum atomic E-state index is 12.2. The molecule has 21 heavy (non-hydrogen) atoms. The zero-order chi connectivity index (χ0) is 16.2. The number of sulfone groups is 1. The van der Waals surface area contributed by atoms with Crippen molar-refractivity contribution in [2.75, 3.05) is 6.26 Å². The number of amides is 1. The fraction of sp³-hybridized carbons (Fsp3) is 0.429. The monoisotopic (exact) mass is 313 g/mol. The molecule has 0 bridgehead atoms. The van der Waals surface area contributed by atoms with Crippen molar-refractivity contribution in [2.24, 2.45) is 0 Å². The second kappa shape index (κ2) is 6.71. The maximum Gasteiger partial charge on any atom is 0.326 e. The fourth-order valence-corrected chi connectivity index (χ4v) is 2.51. The topological polar surface area (TPSA) is 101 Å². The molecule has 0 aliphatic heterocycles. The number of nitrogens with one attached hydrogen (secondary N) is 1. The van der Waals surface area contributed by atoms with Gasteiger partial charge in [-0.05, 0) is 31.0 Å². The van der Waals surface area contributed by atoms with E-state index in [-0.39, 0.29) is 10.5 Å². The molecule has 0 spiro atoms. The van der Waals surface area contributed by atoms with Crippen LogP contribution in [0.4, 0.5) is 0 Å². The minimum atomic E-state index is -3.43. The third-order valence-electron chi connectivity index (χ3n) is 3.06. The molecule has 0 saturated heterocycles. The second-order valence-electron chi connectivity index (χ2n) is 4.90. The lowest BCUT2D eigenvalue weighted by molar-refractivity contribution is -0.139. The number of aryl methyl sites for hydroxylation is 1. The summed E-state index contributed by atoms with van der Waals surface area (Å²) < 4.78 is 23.1. The van der Waals surface area contributed by atoms with Crippen molar-refractivity contribution in [1.29, 1.82) is 0 Å². The van der Waals surface area contributed by atoms with Gasteiger partial charge in [-0.25, -0.2) is 13.2 Å². The summed E-state index contributed by atoms with van der Waals surface area (Å²) in [6.07, 6.45) is 1.97. The van der Waals surface area contributed by atoms with Crippen LogP contribution in [0.25, 0.3) is 0 Å². The van der Waals surface area contributed by atoms with E-state index in [1.54, 1.807) is 6.92 Å². The Hall–Kier alpha value is -1.89. The average molecular weight is 313 g/mol. The van der Waals surface area contributed by atoms with E-state index in [0.29, 0.717) is 18.4 Å². The van der Waals surface area contributed by atoms with Gasteiger partial charge in [-0.15, -0.1) is 0 Å². The summed E-state index contributed by atoms with van der Waals surface area (Å²) in [6, 6.07) is 3.23. The van der Waals surface area contributed by atoms with Gasteiger partial charge in [-0.2, -0.15) is 0 Å². The first-order valence-electron chi connectivity index (χ1n) is 6.51. The van der Waals surface area contributed by atoms with Crippen molar-refractivity contribution in [1.82, 2.24) is 5.32 Å². The van der Waals surface area contributed by atoms with Gasteiger partial charge in [0.05, 0.1) is 4.90 Å². The SMILES string of the molecule is CCCC(NC(=O)c1cc(S(C)(=O)=O)ccc1C)C(=O)O. The van der Waals surface area contributed by atoms with Gasteiger partial charge in [0.25, 0.3) is 5.91 Å². The average Bonchev–Trinajstić information content (AvgIpc) is 2.36. The van der Waals surface area contributed by atoms with Gasteiger partial charge in [-0.1, -0.05) is 19.4 Å². The standard InChI is InChI=1S/C14H19NO5S/c1-4-5-12(14(17)18)15-13(16)11-8-10(21(3,19)20)7-6-9(11)2/h6-8,12H,4-5H2,1-3H3,(H,15,16)(H,17,18). The summed E-state index contributed by atoms with van der Waals surface area (Å²) in [6.45, 7) is 3.48. The van der Waals surface area contributed by atoms with Gasteiger partial charge in [-0.3, -0.25) is 4.79 Å². The quantitative estimate of drug-likeness (QED) is 0.826. The zero-order valence-corrected chi connectivity index (χ0v) is 13.0. The normalized spacial score (nSPS) is 12.7. The van der Waals surface area contributed by atoms with Crippen molar-refractivity contribution in [3.63, 3.8) is 0 Å². The van der Waals surface area contributed by atoms with E-state index in [1.165, 1.54) is 18.2 Å². The molecular weight excluding hydrogens is 294 g/mol. The van der Waals surface area contributed by atoms with E-state index >= 15 is 0 Å². The Morgan fingerprint density at radius 1 is 1.33 bits per heavy atom. The molecule has 6 nitrogen and oxygen atoms in total. The minimum absolute atomic E-state index is 0.0283. The highest BCUT2D eigenvalue weighted by molar-refractivity contribution is 7.90. The number of carbonyl (C=O) groups is 2. The van der Waals surface area contributed by atoms with Crippen molar-refractivity contribution in [3.05, 3.63) is 29.3 Å². The summed E-state index contributed by atoms with van der Waals surface area (Å²) in [5.74, 6) is -1.69. The molecule has 116 valence electrons. The molecule has 1 amide bonds. The Morgan fingerprint density at radius 3 is 2.43 bits per heavy atom. The lowest BCUT2D eigenvalue weighted by atomic mass is 10.1. The lowest BCUT2D eigenvalue weighted by Gasteiger charge is -2.15. The van der Waals surface area contributed by atoms with Gasteiger partial charge < -0.3 is 10.4 Å². The molecule has 2 N–H and O–H groups in total. The number of carboxylic acid groups (broad SMARTS) is 1. The number of carboxylic acids is 1. The van der Waals surface area contributed by atoms with Crippen LogP contribution in [0.1, 0.15) is 35.7 Å². The molecule has 7 heteroatoms. The molecule has 0 fully saturated rings. The molecule has 1 rings (SSSR count). The van der Waals surface area contributed by atoms with Crippen molar-refractivity contribution >= 4 is 21.7 Å². The number of benzene rings is 1. The number of carbonyl (C=O) groups excluding carboxylic acids is 1. The van der Waals surface area contributed by atoms with Crippen molar-refractivity contribution in [2.45, 2.75) is 37.6 Å². The van der Waals surface area contributed by atoms with E-state index in [2.05, 4.69) is 5.32 Å². The highest BCUT2D eigenvalue weighted by atomic mass is 32.2. The van der Waals surface area contributed by atoms with Gasteiger partial charge >= 0.3 is 5.97 Å². The van der Waals surface area contributed by atoms with Crippen LogP contribution < -0.4 is 5.32 Å². The summed E-state index contributed by atoms with van der Waals surface area (Å²) in [7, 11) is -3.43. The molecule has 0 aliphatic rings. The zero-order valence-electron chi connectivity index (χ0n) is 12.2. The molecule has 0 aliphatic carbocycles. The van der Waals surface area contributed by atoms with Crippen LogP contribution in [-0.2, 0) is 14.6 Å². The summed E-state index contributed by atoms with van der Waals surface area (Å²) in [5.41, 5.74) is 0.751. The molecule has 0 aromatic heterocycles. The highest BCUT2D eigenvalue weighted by Gasteiger charge is 2.21. The first kappa shape index (κ1) is 17.2. The van der Waals surface area contributed by atoms with Crippen molar-refractivity contribution < 1.29 is 23.1 Å². The Bertz CT molecular complexity index is 651. The first-order valence-corrected chi connectivity index (χ1v) is 8.40. The van der Waals surface area contributed by atoms with Crippen LogP contribution in [0, 0.1) is 6.92 Å². The fourth-order valence-electron chi connectivity index (χ4n) is 1.86. The molecule has 0 radical (unpaired) electrons. The molecule has 1 aromatic carbocycles. The maximum absolute atomic E-state index is 12.2. The van der Waals surface area contributed by atoms with E-state index < -0.39 is 27.8 Å². The van der Waals surface area contributed by atoms with E-state index in [1.807, 2.05) is 6.92 Å². The predicted molar refractivity (Wildman–Crippen MR) is 78.1 cm³/mol. The lowest BCUT2D eigenvalue weighted by Crippen LogP contribution is -2.40. The number of hydrogen-bond donors (Lipinski definition) is 2. The van der Waals surface area contributed by atoms with Gasteiger partial charge in [0, 0.05) is 11.8 Å². The molecule has 0 heterocycles. The van der Waals surface area contributed by atoms with Gasteiger partial charge in [0.15, 0.2) is 9.84 Å². The van der Waals surface area contributed by atoms with E-state index in [9.17, 15) is 18.0 Å². The third kappa shape index (κ3) is 4.56. The van der Waals surface area contributed by atoms with E-state index in [4.69, 9.17) is 5.11 Å². The van der Waals surface area contributed by atoms with E-state index in [0.717, 1.165) is 6.26 Å². The van der Waals surface area contributed by atoms with Crippen LogP contribution >= 0.6 is 0 Å². The van der Waals surface area contributed by atoms with Crippen LogP contribution in [-0.4, -0.2) is 37.7 Å². The number of hydrogen-bond acceptors (Lipinski definition) is 4. The molecular formula is C14H19NO5S. The Labute approximate surface area is 124 Å². The molecule has 1 atom stereocenters. The van der Waals surface area contributed by atoms with Gasteiger partial charge in [0.1, 0.15) is 6.04 Å². The van der Waals surface area contributed by atoms with Crippen molar-refractivity contribution in [3.8, 4) is 0 Å². The Balaban J connectivity index is 3.09. The number of rotatable bonds is 6. The predicted octanol–water partition coefficient (Wildman–Crippen LogP) is 1.38. The summed E-state index contributed by atoms with van der Waals surface area (Å²) in [4.78, 5) is 23.3. The number of aliphatic carboxylic acids is 1. The Kier molecular flexibility index (Phi) is 5.48. The van der Waals surface area contributed by atoms with Crippen LogP contribution in [0.2, 0.25) is 0 Å². The van der Waals surface area contributed by atoms with Gasteiger partial charge in [0.2, 0.25) is 0 Å². The van der Waals surface area contributed by atoms with Crippen LogP contribution in [0.15, 0.2) is 23.1 Å². The minimum Gasteiger partial charge on any atom is -0.480 e. The summed E-state index contributed by atoms with van der Waals surface area (Å²) in [5, 5.41) is 11.5. The molecule has 0 saturated carbocycles. The smallest absolute Gasteiger partial charge is 0.326 e. The largest absolute Gasteiger partial charge is 0.480 e. The Morgan fingerprint density at radius 2 is 1.95 bits per heavy atom. The van der Waals surface area contributed by atoms with Crippen LogP contribution in [0.5, 0.6) is 0 Å².